The van der Waals surface area contributed by atoms with Crippen LogP contribution in [0.15, 0.2) is 18.3 Å². The summed E-state index contributed by atoms with van der Waals surface area (Å²) in [6.45, 7) is 2.61. The van der Waals surface area contributed by atoms with Crippen molar-refractivity contribution in [1.82, 2.24) is 9.88 Å². The van der Waals surface area contributed by atoms with E-state index in [0.717, 1.165) is 32.5 Å². The molecule has 3 N–H and O–H groups in total. The summed E-state index contributed by atoms with van der Waals surface area (Å²) in [5.74, 6) is 0.825. The van der Waals surface area contributed by atoms with Crippen LogP contribution in [-0.2, 0) is 0 Å². The highest BCUT2D eigenvalue weighted by Crippen LogP contribution is 2.23. The fourth-order valence-corrected chi connectivity index (χ4v) is 2.64. The van der Waals surface area contributed by atoms with E-state index in [-0.39, 0.29) is 5.91 Å². The number of aromatic amines is 1. The molecule has 1 unspecified atom stereocenters. The van der Waals surface area contributed by atoms with Gasteiger partial charge >= 0.3 is 0 Å². The molecule has 0 aliphatic carbocycles. The Morgan fingerprint density at radius 2 is 2.33 bits per heavy atom. The number of likely N-dealkylation sites (tertiary alicyclic amines) is 1. The number of unbranched alkanes of at least 4 members (excludes halogenated alkanes) is 2. The minimum atomic E-state index is 0.143. The Labute approximate surface area is 109 Å². The van der Waals surface area contributed by atoms with Crippen molar-refractivity contribution in [2.24, 2.45) is 11.7 Å². The lowest BCUT2D eigenvalue weighted by atomic mass is 10.0. The Bertz CT molecular complexity index is 361. The first kappa shape index (κ1) is 13.1. The highest BCUT2D eigenvalue weighted by molar-refractivity contribution is 5.92. The molecular formula is C14H23N3O. The van der Waals surface area contributed by atoms with E-state index in [0.29, 0.717) is 11.6 Å². The van der Waals surface area contributed by atoms with E-state index in [9.17, 15) is 4.79 Å². The number of aromatic nitrogens is 1. The average Bonchev–Trinajstić information content (AvgIpc) is 3.05. The monoisotopic (exact) mass is 249 g/mol. The van der Waals surface area contributed by atoms with Gasteiger partial charge in [-0.05, 0) is 43.9 Å². The molecule has 0 spiro atoms. The van der Waals surface area contributed by atoms with Crippen LogP contribution in [0.3, 0.4) is 0 Å². The van der Waals surface area contributed by atoms with Crippen molar-refractivity contribution in [3.63, 3.8) is 0 Å². The lowest BCUT2D eigenvalue weighted by Gasteiger charge is -2.15. The first-order chi connectivity index (χ1) is 8.81. The van der Waals surface area contributed by atoms with Crippen molar-refractivity contribution >= 4 is 5.91 Å². The summed E-state index contributed by atoms with van der Waals surface area (Å²) in [7, 11) is 0. The molecule has 1 aliphatic heterocycles. The average molecular weight is 249 g/mol. The maximum atomic E-state index is 12.1. The molecule has 2 rings (SSSR count). The number of hydrogen-bond donors (Lipinski definition) is 2. The van der Waals surface area contributed by atoms with Crippen LogP contribution in [0.2, 0.25) is 0 Å². The van der Waals surface area contributed by atoms with Crippen LogP contribution >= 0.6 is 0 Å². The maximum Gasteiger partial charge on any atom is 0.270 e. The zero-order valence-corrected chi connectivity index (χ0v) is 10.9. The van der Waals surface area contributed by atoms with Crippen LogP contribution in [0.1, 0.15) is 42.6 Å². The molecule has 0 bridgehead atoms. The number of H-pyrrole nitrogens is 1. The molecule has 0 radical (unpaired) electrons. The molecule has 2 heterocycles. The molecule has 1 atom stereocenters. The molecular weight excluding hydrogens is 226 g/mol. The summed E-state index contributed by atoms with van der Waals surface area (Å²) in [5.41, 5.74) is 6.19. The second-order valence-corrected chi connectivity index (χ2v) is 5.13. The van der Waals surface area contributed by atoms with E-state index in [4.69, 9.17) is 5.73 Å². The normalized spacial score (nSPS) is 19.4. The Kier molecular flexibility index (Phi) is 4.81. The number of hydrogen-bond acceptors (Lipinski definition) is 2. The van der Waals surface area contributed by atoms with E-state index < -0.39 is 0 Å². The van der Waals surface area contributed by atoms with Crippen LogP contribution in [0, 0.1) is 5.92 Å². The summed E-state index contributed by atoms with van der Waals surface area (Å²) in [4.78, 5) is 17.1. The van der Waals surface area contributed by atoms with Crippen LogP contribution in [0.25, 0.3) is 0 Å². The Balaban J connectivity index is 1.73. The van der Waals surface area contributed by atoms with Gasteiger partial charge in [-0.25, -0.2) is 0 Å². The summed E-state index contributed by atoms with van der Waals surface area (Å²) in [6.07, 6.45) is 7.76. The van der Waals surface area contributed by atoms with Gasteiger partial charge in [-0.2, -0.15) is 0 Å². The molecule has 1 aromatic heterocycles. The molecule has 1 saturated heterocycles. The molecule has 100 valence electrons. The summed E-state index contributed by atoms with van der Waals surface area (Å²) in [5, 5.41) is 0. The number of nitrogens with two attached hydrogens (primary N) is 1. The summed E-state index contributed by atoms with van der Waals surface area (Å²) in [6, 6.07) is 3.71. The number of nitrogens with one attached hydrogen (secondary N) is 1. The van der Waals surface area contributed by atoms with Gasteiger partial charge < -0.3 is 15.6 Å². The number of carbonyl (C=O) groups excluding carboxylic acids is 1. The van der Waals surface area contributed by atoms with E-state index in [1.807, 2.05) is 17.0 Å². The van der Waals surface area contributed by atoms with Crippen LogP contribution in [0.4, 0.5) is 0 Å². The largest absolute Gasteiger partial charge is 0.357 e. The van der Waals surface area contributed by atoms with E-state index in [1.165, 1.54) is 19.3 Å². The number of nitrogens with zero attached hydrogens (tertiary/aromatic N) is 1. The Hall–Kier alpha value is -1.29. The van der Waals surface area contributed by atoms with Gasteiger partial charge in [0.25, 0.3) is 5.91 Å². The van der Waals surface area contributed by atoms with E-state index >= 15 is 0 Å². The van der Waals surface area contributed by atoms with Crippen LogP contribution < -0.4 is 5.73 Å². The van der Waals surface area contributed by atoms with Gasteiger partial charge in [0.05, 0.1) is 0 Å². The molecule has 4 nitrogen and oxygen atoms in total. The van der Waals surface area contributed by atoms with Gasteiger partial charge in [0.1, 0.15) is 5.69 Å². The molecule has 1 aromatic rings. The number of rotatable bonds is 6. The lowest BCUT2D eigenvalue weighted by molar-refractivity contribution is 0.0781. The minimum Gasteiger partial charge on any atom is -0.357 e. The molecule has 4 heteroatoms. The Morgan fingerprint density at radius 1 is 1.44 bits per heavy atom. The third-order valence-corrected chi connectivity index (χ3v) is 3.72. The fraction of sp³-hybridized carbons (Fsp3) is 0.643. The first-order valence-corrected chi connectivity index (χ1v) is 6.94. The van der Waals surface area contributed by atoms with Gasteiger partial charge in [0.2, 0.25) is 0 Å². The number of amides is 1. The van der Waals surface area contributed by atoms with Crippen LogP contribution in [-0.4, -0.2) is 35.4 Å². The predicted molar refractivity (Wildman–Crippen MR) is 72.3 cm³/mol. The zero-order chi connectivity index (χ0) is 12.8. The van der Waals surface area contributed by atoms with Gasteiger partial charge in [-0.3, -0.25) is 4.79 Å². The smallest absolute Gasteiger partial charge is 0.270 e. The highest BCUT2D eigenvalue weighted by atomic mass is 16.2. The molecule has 1 fully saturated rings. The third-order valence-electron chi connectivity index (χ3n) is 3.72. The Morgan fingerprint density at radius 3 is 3.06 bits per heavy atom. The van der Waals surface area contributed by atoms with Crippen molar-refractivity contribution < 1.29 is 4.79 Å². The van der Waals surface area contributed by atoms with Gasteiger partial charge in [-0.15, -0.1) is 0 Å². The van der Waals surface area contributed by atoms with E-state index in [1.54, 1.807) is 6.20 Å². The molecule has 0 aromatic carbocycles. The van der Waals surface area contributed by atoms with Gasteiger partial charge in [0, 0.05) is 19.3 Å². The minimum absolute atomic E-state index is 0.143. The molecule has 0 saturated carbocycles. The summed E-state index contributed by atoms with van der Waals surface area (Å²) < 4.78 is 0. The van der Waals surface area contributed by atoms with Crippen molar-refractivity contribution in [3.05, 3.63) is 24.0 Å². The maximum absolute atomic E-state index is 12.1. The molecule has 18 heavy (non-hydrogen) atoms. The van der Waals surface area contributed by atoms with Gasteiger partial charge in [-0.1, -0.05) is 12.8 Å². The van der Waals surface area contributed by atoms with Crippen molar-refractivity contribution in [1.29, 1.82) is 0 Å². The van der Waals surface area contributed by atoms with Crippen molar-refractivity contribution in [2.75, 3.05) is 19.6 Å². The van der Waals surface area contributed by atoms with E-state index in [2.05, 4.69) is 4.98 Å². The second-order valence-electron chi connectivity index (χ2n) is 5.13. The van der Waals surface area contributed by atoms with Gasteiger partial charge in [0.15, 0.2) is 0 Å². The second kappa shape index (κ2) is 6.59. The highest BCUT2D eigenvalue weighted by Gasteiger charge is 2.26. The fourth-order valence-electron chi connectivity index (χ4n) is 2.64. The molecule has 1 aliphatic rings. The topological polar surface area (TPSA) is 62.1 Å². The zero-order valence-electron chi connectivity index (χ0n) is 10.9. The molecule has 1 amide bonds. The third kappa shape index (κ3) is 3.35. The quantitative estimate of drug-likeness (QED) is 0.757. The van der Waals surface area contributed by atoms with Crippen molar-refractivity contribution in [3.8, 4) is 0 Å². The predicted octanol–water partition coefficient (Wildman–Crippen LogP) is 2.00. The summed E-state index contributed by atoms with van der Waals surface area (Å²) >= 11 is 0. The lowest BCUT2D eigenvalue weighted by Crippen LogP contribution is -2.28. The SMILES string of the molecule is NCCCCCC1CCN(C(=O)c2ccc[nH]2)C1. The standard InChI is InChI=1S/C14H23N3O/c15-8-3-1-2-5-12-7-10-17(11-12)14(18)13-6-4-9-16-13/h4,6,9,12,16H,1-3,5,7-8,10-11,15H2. The first-order valence-electron chi connectivity index (χ1n) is 6.94. The van der Waals surface area contributed by atoms with Crippen LogP contribution in [0.5, 0.6) is 0 Å². The number of carbonyl (C=O) groups is 1. The van der Waals surface area contributed by atoms with Crippen molar-refractivity contribution in [2.45, 2.75) is 32.1 Å².